The summed E-state index contributed by atoms with van der Waals surface area (Å²) < 4.78 is 32.3. The van der Waals surface area contributed by atoms with Crippen LogP contribution in [0.4, 0.5) is 0 Å². The lowest BCUT2D eigenvalue weighted by Gasteiger charge is -2.41. The van der Waals surface area contributed by atoms with Gasteiger partial charge in [0, 0.05) is 25.2 Å². The Morgan fingerprint density at radius 2 is 2.00 bits per heavy atom. The second-order valence-corrected chi connectivity index (χ2v) is 7.05. The number of ether oxygens (including phenoxy) is 1. The van der Waals surface area contributed by atoms with Crippen LogP contribution in [0.25, 0.3) is 0 Å². The predicted octanol–water partition coefficient (Wildman–Crippen LogP) is 1.07. The Balaban J connectivity index is 2.47. The monoisotopic (exact) mass is 284 g/mol. The molecule has 5 nitrogen and oxygen atoms in total. The Hall–Kier alpha value is -1.11. The average Bonchev–Trinajstić information content (AvgIpc) is 2.37. The van der Waals surface area contributed by atoms with E-state index in [-0.39, 0.29) is 4.90 Å². The Morgan fingerprint density at radius 1 is 1.32 bits per heavy atom. The highest BCUT2D eigenvalue weighted by Crippen LogP contribution is 2.31. The molecule has 0 bridgehead atoms. The zero-order chi connectivity index (χ0) is 14.1. The number of piperazine rings is 1. The molecule has 1 heterocycles. The van der Waals surface area contributed by atoms with Gasteiger partial charge in [0.15, 0.2) is 0 Å². The van der Waals surface area contributed by atoms with Crippen LogP contribution in [0.5, 0.6) is 5.75 Å². The van der Waals surface area contributed by atoms with Crippen molar-refractivity contribution in [2.45, 2.75) is 24.3 Å². The first-order chi connectivity index (χ1) is 8.89. The SMILES string of the molecule is COc1ccccc1S(=O)(=O)N1CCNCC1(C)C. The van der Waals surface area contributed by atoms with Gasteiger partial charge in [-0.3, -0.25) is 0 Å². The molecule has 1 aromatic carbocycles. The van der Waals surface area contributed by atoms with E-state index < -0.39 is 15.6 Å². The summed E-state index contributed by atoms with van der Waals surface area (Å²) in [5.74, 6) is 0.386. The van der Waals surface area contributed by atoms with Crippen molar-refractivity contribution in [3.8, 4) is 5.75 Å². The number of rotatable bonds is 3. The smallest absolute Gasteiger partial charge is 0.247 e. The Kier molecular flexibility index (Phi) is 3.85. The van der Waals surface area contributed by atoms with E-state index in [9.17, 15) is 8.42 Å². The van der Waals surface area contributed by atoms with Crippen molar-refractivity contribution in [1.82, 2.24) is 9.62 Å². The highest BCUT2D eigenvalue weighted by Gasteiger charge is 2.40. The Morgan fingerprint density at radius 3 is 2.63 bits per heavy atom. The van der Waals surface area contributed by atoms with Crippen molar-refractivity contribution < 1.29 is 13.2 Å². The molecule has 1 saturated heterocycles. The third-order valence-corrected chi connectivity index (χ3v) is 5.51. The van der Waals surface area contributed by atoms with Gasteiger partial charge >= 0.3 is 0 Å². The number of nitrogens with one attached hydrogen (secondary N) is 1. The molecule has 1 fully saturated rings. The van der Waals surface area contributed by atoms with E-state index in [4.69, 9.17) is 4.74 Å². The normalized spacial score (nSPS) is 20.2. The minimum absolute atomic E-state index is 0.229. The molecular weight excluding hydrogens is 264 g/mol. The zero-order valence-corrected chi connectivity index (χ0v) is 12.3. The first-order valence-electron chi connectivity index (χ1n) is 6.26. The number of para-hydroxylation sites is 1. The lowest BCUT2D eigenvalue weighted by molar-refractivity contribution is 0.185. The van der Waals surface area contributed by atoms with Crippen LogP contribution in [0.2, 0.25) is 0 Å². The molecule has 1 aliphatic heterocycles. The summed E-state index contributed by atoms with van der Waals surface area (Å²) in [6.45, 7) is 5.62. The van der Waals surface area contributed by atoms with Crippen molar-refractivity contribution in [3.63, 3.8) is 0 Å². The van der Waals surface area contributed by atoms with Gasteiger partial charge in [-0.2, -0.15) is 4.31 Å². The van der Waals surface area contributed by atoms with E-state index >= 15 is 0 Å². The van der Waals surface area contributed by atoms with Crippen molar-refractivity contribution in [3.05, 3.63) is 24.3 Å². The molecular formula is C13H20N2O3S. The summed E-state index contributed by atoms with van der Waals surface area (Å²) in [6, 6.07) is 6.74. The van der Waals surface area contributed by atoms with Crippen molar-refractivity contribution >= 4 is 10.0 Å². The minimum Gasteiger partial charge on any atom is -0.495 e. The molecule has 0 amide bonds. The molecule has 0 atom stereocenters. The van der Waals surface area contributed by atoms with E-state index in [0.29, 0.717) is 25.4 Å². The van der Waals surface area contributed by atoms with Gasteiger partial charge in [-0.1, -0.05) is 12.1 Å². The van der Waals surface area contributed by atoms with Crippen LogP contribution in [0.15, 0.2) is 29.2 Å². The molecule has 0 radical (unpaired) electrons. The first kappa shape index (κ1) is 14.3. The standard InChI is InChI=1S/C13H20N2O3S/c1-13(2)10-14-8-9-15(13)19(16,17)12-7-5-4-6-11(12)18-3/h4-7,14H,8-10H2,1-3H3. The first-order valence-corrected chi connectivity index (χ1v) is 7.70. The summed E-state index contributed by atoms with van der Waals surface area (Å²) in [5, 5.41) is 3.22. The Bertz CT molecular complexity index is 555. The van der Waals surface area contributed by atoms with Gasteiger partial charge in [0.2, 0.25) is 10.0 Å². The lowest BCUT2D eigenvalue weighted by Crippen LogP contribution is -2.59. The van der Waals surface area contributed by atoms with Crippen LogP contribution in [-0.2, 0) is 10.0 Å². The van der Waals surface area contributed by atoms with Crippen LogP contribution < -0.4 is 10.1 Å². The molecule has 0 saturated carbocycles. The second-order valence-electron chi connectivity index (χ2n) is 5.22. The summed E-state index contributed by atoms with van der Waals surface area (Å²) in [6.07, 6.45) is 0. The van der Waals surface area contributed by atoms with Gasteiger partial charge in [-0.15, -0.1) is 0 Å². The molecule has 6 heteroatoms. The number of hydrogen-bond donors (Lipinski definition) is 1. The third-order valence-electron chi connectivity index (χ3n) is 3.36. The van der Waals surface area contributed by atoms with Gasteiger partial charge in [0.1, 0.15) is 10.6 Å². The fraction of sp³-hybridized carbons (Fsp3) is 0.538. The summed E-state index contributed by atoms with van der Waals surface area (Å²) in [4.78, 5) is 0.229. The molecule has 106 valence electrons. The molecule has 0 aliphatic carbocycles. The topological polar surface area (TPSA) is 58.6 Å². The number of sulfonamides is 1. The molecule has 0 unspecified atom stereocenters. The highest BCUT2D eigenvalue weighted by atomic mass is 32.2. The van der Waals surface area contributed by atoms with Crippen molar-refractivity contribution in [1.29, 1.82) is 0 Å². The summed E-state index contributed by atoms with van der Waals surface area (Å²) in [5.41, 5.74) is -0.446. The molecule has 1 aliphatic rings. The van der Waals surface area contributed by atoms with Crippen molar-refractivity contribution in [2.75, 3.05) is 26.7 Å². The third kappa shape index (κ3) is 2.61. The summed E-state index contributed by atoms with van der Waals surface area (Å²) in [7, 11) is -2.06. The van der Waals surface area contributed by atoms with Gasteiger partial charge in [-0.05, 0) is 26.0 Å². The van der Waals surface area contributed by atoms with Gasteiger partial charge in [0.05, 0.1) is 7.11 Å². The fourth-order valence-electron chi connectivity index (χ4n) is 2.36. The van der Waals surface area contributed by atoms with Gasteiger partial charge < -0.3 is 10.1 Å². The number of methoxy groups -OCH3 is 1. The maximum Gasteiger partial charge on any atom is 0.247 e. The number of hydrogen-bond acceptors (Lipinski definition) is 4. The molecule has 0 spiro atoms. The molecule has 2 rings (SSSR count). The largest absolute Gasteiger partial charge is 0.495 e. The Labute approximate surface area is 114 Å². The van der Waals surface area contributed by atoms with Crippen LogP contribution >= 0.6 is 0 Å². The van der Waals surface area contributed by atoms with Crippen LogP contribution in [0, 0.1) is 0 Å². The summed E-state index contributed by atoms with van der Waals surface area (Å²) >= 11 is 0. The fourth-order valence-corrected chi connectivity index (χ4v) is 4.30. The second kappa shape index (κ2) is 5.11. The quantitative estimate of drug-likeness (QED) is 0.902. The maximum absolute atomic E-state index is 12.8. The van der Waals surface area contributed by atoms with Gasteiger partial charge in [-0.25, -0.2) is 8.42 Å². The van der Waals surface area contributed by atoms with Crippen LogP contribution in [0.1, 0.15) is 13.8 Å². The van der Waals surface area contributed by atoms with E-state index in [2.05, 4.69) is 5.32 Å². The van der Waals surface area contributed by atoms with Crippen LogP contribution in [-0.4, -0.2) is 45.0 Å². The van der Waals surface area contributed by atoms with E-state index in [0.717, 1.165) is 0 Å². The zero-order valence-electron chi connectivity index (χ0n) is 11.5. The van der Waals surface area contributed by atoms with E-state index in [1.807, 2.05) is 13.8 Å². The molecule has 0 aromatic heterocycles. The molecule has 1 N–H and O–H groups in total. The highest BCUT2D eigenvalue weighted by molar-refractivity contribution is 7.89. The molecule has 1 aromatic rings. The average molecular weight is 284 g/mol. The molecule has 19 heavy (non-hydrogen) atoms. The van der Waals surface area contributed by atoms with Crippen molar-refractivity contribution in [2.24, 2.45) is 0 Å². The number of benzene rings is 1. The predicted molar refractivity (Wildman–Crippen MR) is 73.8 cm³/mol. The van der Waals surface area contributed by atoms with Gasteiger partial charge in [0.25, 0.3) is 0 Å². The minimum atomic E-state index is -3.54. The lowest BCUT2D eigenvalue weighted by atomic mass is 10.0. The maximum atomic E-state index is 12.8. The van der Waals surface area contributed by atoms with E-state index in [1.165, 1.54) is 7.11 Å². The van der Waals surface area contributed by atoms with E-state index in [1.54, 1.807) is 28.6 Å². The number of nitrogens with zero attached hydrogens (tertiary/aromatic N) is 1. The van der Waals surface area contributed by atoms with Crippen LogP contribution in [0.3, 0.4) is 0 Å².